The Kier molecular flexibility index (Phi) is 5.52. The first-order chi connectivity index (χ1) is 13.8. The van der Waals surface area contributed by atoms with E-state index in [2.05, 4.69) is 15.1 Å². The monoisotopic (exact) mass is 418 g/mol. The van der Waals surface area contributed by atoms with Gasteiger partial charge in [-0.3, -0.25) is 14.8 Å². The second kappa shape index (κ2) is 7.89. The van der Waals surface area contributed by atoms with Crippen LogP contribution < -0.4 is 10.3 Å². The Morgan fingerprint density at radius 1 is 1.14 bits per heavy atom. The van der Waals surface area contributed by atoms with Crippen molar-refractivity contribution in [1.82, 2.24) is 19.8 Å². The summed E-state index contributed by atoms with van der Waals surface area (Å²) in [7, 11) is -3.20. The van der Waals surface area contributed by atoms with Gasteiger partial charge in [0.25, 0.3) is 15.9 Å². The molecule has 0 aliphatic rings. The zero-order chi connectivity index (χ0) is 21.2. The smallest absolute Gasteiger partial charge is 0.342 e. The van der Waals surface area contributed by atoms with Crippen molar-refractivity contribution in [3.05, 3.63) is 65.6 Å². The highest BCUT2D eigenvalue weighted by Crippen LogP contribution is 2.26. The standard InChI is InChI=1S/C18H18N4O6S/c1-11-15(18(24)27-3)16(12(2)28-11)29(25,26)21-20-17(23)14-9-19-10-22(14)13-7-5-4-6-8-13/h4-10,21H,1-3H3,(H,20,23). The molecule has 0 saturated carbocycles. The van der Waals surface area contributed by atoms with E-state index in [1.165, 1.54) is 30.9 Å². The first kappa shape index (κ1) is 20.3. The van der Waals surface area contributed by atoms with Crippen molar-refractivity contribution in [3.8, 4) is 5.69 Å². The molecule has 11 heteroatoms. The molecule has 0 aliphatic carbocycles. The molecule has 2 aromatic heterocycles. The summed E-state index contributed by atoms with van der Waals surface area (Å²) in [5.74, 6) is -1.54. The molecule has 0 saturated heterocycles. The van der Waals surface area contributed by atoms with Gasteiger partial charge in [0.2, 0.25) is 0 Å². The number of carbonyl (C=O) groups is 2. The zero-order valence-corrected chi connectivity index (χ0v) is 16.6. The van der Waals surface area contributed by atoms with Gasteiger partial charge >= 0.3 is 5.97 Å². The minimum absolute atomic E-state index is 0.0148. The molecule has 2 N–H and O–H groups in total. The molecule has 2 heterocycles. The van der Waals surface area contributed by atoms with E-state index >= 15 is 0 Å². The summed E-state index contributed by atoms with van der Waals surface area (Å²) >= 11 is 0. The Morgan fingerprint density at radius 2 is 1.83 bits per heavy atom. The predicted octanol–water partition coefficient (Wildman–Crippen LogP) is 1.49. The lowest BCUT2D eigenvalue weighted by atomic mass is 10.2. The topological polar surface area (TPSA) is 133 Å². The van der Waals surface area contributed by atoms with E-state index in [9.17, 15) is 18.0 Å². The Balaban J connectivity index is 1.85. The van der Waals surface area contributed by atoms with Crippen molar-refractivity contribution in [3.63, 3.8) is 0 Å². The number of carbonyl (C=O) groups excluding carboxylic acids is 2. The van der Waals surface area contributed by atoms with E-state index in [0.29, 0.717) is 5.69 Å². The highest BCUT2D eigenvalue weighted by atomic mass is 32.2. The minimum atomic E-state index is -4.33. The fraction of sp³-hybridized carbons (Fsp3) is 0.167. The van der Waals surface area contributed by atoms with Crippen molar-refractivity contribution >= 4 is 21.9 Å². The van der Waals surface area contributed by atoms with Gasteiger partial charge in [-0.05, 0) is 26.0 Å². The molecule has 29 heavy (non-hydrogen) atoms. The Labute approximate surface area is 166 Å². The van der Waals surface area contributed by atoms with E-state index in [0.717, 1.165) is 7.11 Å². The first-order valence-electron chi connectivity index (χ1n) is 8.34. The van der Waals surface area contributed by atoms with E-state index in [1.807, 2.05) is 10.9 Å². The lowest BCUT2D eigenvalue weighted by Crippen LogP contribution is -2.42. The molecule has 1 amide bonds. The first-order valence-corrected chi connectivity index (χ1v) is 9.82. The third kappa shape index (κ3) is 3.91. The van der Waals surface area contributed by atoms with Crippen LogP contribution in [0.4, 0.5) is 0 Å². The summed E-state index contributed by atoms with van der Waals surface area (Å²) in [6, 6.07) is 8.93. The number of furan rings is 1. The quantitative estimate of drug-likeness (QED) is 0.458. The minimum Gasteiger partial charge on any atom is -0.465 e. The normalized spacial score (nSPS) is 11.3. The molecule has 0 atom stereocenters. The number of sulfonamides is 1. The number of hydrogen-bond acceptors (Lipinski definition) is 7. The predicted molar refractivity (Wildman–Crippen MR) is 101 cm³/mol. The molecule has 3 aromatic rings. The molecule has 0 aliphatic heterocycles. The third-order valence-electron chi connectivity index (χ3n) is 4.07. The van der Waals surface area contributed by atoms with Crippen LogP contribution in [0.3, 0.4) is 0 Å². The number of hydrazine groups is 1. The van der Waals surface area contributed by atoms with Crippen LogP contribution in [0, 0.1) is 13.8 Å². The largest absolute Gasteiger partial charge is 0.465 e. The number of aromatic nitrogens is 2. The van der Waals surface area contributed by atoms with E-state index in [4.69, 9.17) is 4.42 Å². The van der Waals surface area contributed by atoms with Crippen LogP contribution >= 0.6 is 0 Å². The van der Waals surface area contributed by atoms with Gasteiger partial charge in [0.15, 0.2) is 0 Å². The number of rotatable bonds is 6. The number of ether oxygens (including phenoxy) is 1. The van der Waals surface area contributed by atoms with Crippen LogP contribution in [0.1, 0.15) is 32.4 Å². The van der Waals surface area contributed by atoms with Crippen molar-refractivity contribution in [2.75, 3.05) is 7.11 Å². The number of imidazole rings is 1. The number of para-hydroxylation sites is 1. The van der Waals surface area contributed by atoms with Crippen molar-refractivity contribution in [2.45, 2.75) is 18.7 Å². The van der Waals surface area contributed by atoms with Gasteiger partial charge in [-0.1, -0.05) is 18.2 Å². The maximum absolute atomic E-state index is 12.7. The van der Waals surface area contributed by atoms with Gasteiger partial charge in [0.1, 0.15) is 27.7 Å². The van der Waals surface area contributed by atoms with Gasteiger partial charge in [-0.15, -0.1) is 4.83 Å². The van der Waals surface area contributed by atoms with Crippen molar-refractivity contribution in [2.24, 2.45) is 0 Å². The average Bonchev–Trinajstić information content (AvgIpc) is 3.30. The number of hydrogen-bond donors (Lipinski definition) is 2. The number of nitrogens with one attached hydrogen (secondary N) is 2. The lowest BCUT2D eigenvalue weighted by Gasteiger charge is -2.11. The van der Waals surface area contributed by atoms with Crippen LogP contribution in [-0.2, 0) is 14.8 Å². The molecule has 152 valence electrons. The Morgan fingerprint density at radius 3 is 2.48 bits per heavy atom. The van der Waals surface area contributed by atoms with Crippen LogP contribution in [0.25, 0.3) is 5.69 Å². The molecule has 0 radical (unpaired) electrons. The van der Waals surface area contributed by atoms with Crippen molar-refractivity contribution in [1.29, 1.82) is 0 Å². The summed E-state index contributed by atoms with van der Waals surface area (Å²) in [4.78, 5) is 30.0. The molecular formula is C18H18N4O6S. The molecule has 0 unspecified atom stereocenters. The van der Waals surface area contributed by atoms with E-state index < -0.39 is 26.8 Å². The number of amides is 1. The summed E-state index contributed by atoms with van der Waals surface area (Å²) in [6.07, 6.45) is 2.72. The zero-order valence-electron chi connectivity index (χ0n) is 15.8. The van der Waals surface area contributed by atoms with Crippen LogP contribution in [0.5, 0.6) is 0 Å². The van der Waals surface area contributed by atoms with Gasteiger partial charge < -0.3 is 9.15 Å². The van der Waals surface area contributed by atoms with Crippen molar-refractivity contribution < 1.29 is 27.2 Å². The maximum atomic E-state index is 12.7. The van der Waals surface area contributed by atoms with Gasteiger partial charge in [0, 0.05) is 5.69 Å². The molecule has 3 rings (SSSR count). The number of benzene rings is 1. The summed E-state index contributed by atoms with van der Waals surface area (Å²) in [5.41, 5.74) is 2.67. The number of esters is 1. The molecule has 0 fully saturated rings. The van der Waals surface area contributed by atoms with Crippen LogP contribution in [0.15, 0.2) is 52.2 Å². The number of methoxy groups -OCH3 is 1. The third-order valence-corrected chi connectivity index (χ3v) is 5.47. The lowest BCUT2D eigenvalue weighted by molar-refractivity contribution is 0.0594. The van der Waals surface area contributed by atoms with Gasteiger partial charge in [0.05, 0.1) is 19.6 Å². The second-order valence-corrected chi connectivity index (χ2v) is 7.57. The van der Waals surface area contributed by atoms with Gasteiger partial charge in [-0.2, -0.15) is 0 Å². The second-order valence-electron chi connectivity index (χ2n) is 5.95. The van der Waals surface area contributed by atoms with Crippen LogP contribution in [-0.4, -0.2) is 37.0 Å². The van der Waals surface area contributed by atoms with Crippen LogP contribution in [0.2, 0.25) is 0 Å². The Hall–Kier alpha value is -3.44. The molecule has 10 nitrogen and oxygen atoms in total. The van der Waals surface area contributed by atoms with E-state index in [1.54, 1.807) is 24.3 Å². The SMILES string of the molecule is COC(=O)c1c(C)oc(C)c1S(=O)(=O)NNC(=O)c1cncn1-c1ccccc1. The summed E-state index contributed by atoms with van der Waals surface area (Å²) < 4.78 is 36.8. The summed E-state index contributed by atoms with van der Waals surface area (Å²) in [5, 5.41) is 0. The fourth-order valence-corrected chi connectivity index (χ4v) is 4.06. The Bertz CT molecular complexity index is 1160. The molecule has 1 aromatic carbocycles. The average molecular weight is 418 g/mol. The number of nitrogens with zero attached hydrogens (tertiary/aromatic N) is 2. The molecule has 0 bridgehead atoms. The highest BCUT2D eigenvalue weighted by molar-refractivity contribution is 7.89. The fourth-order valence-electron chi connectivity index (χ4n) is 2.81. The molecular weight excluding hydrogens is 400 g/mol. The number of aryl methyl sites for hydroxylation is 2. The van der Waals surface area contributed by atoms with E-state index in [-0.39, 0.29) is 22.8 Å². The highest BCUT2D eigenvalue weighted by Gasteiger charge is 2.32. The molecule has 0 spiro atoms. The van der Waals surface area contributed by atoms with Gasteiger partial charge in [-0.25, -0.2) is 18.2 Å². The summed E-state index contributed by atoms with van der Waals surface area (Å²) in [6.45, 7) is 2.83. The maximum Gasteiger partial charge on any atom is 0.342 e.